The molecule has 2 aromatic carbocycles. The molecule has 1 amide bonds. The van der Waals surface area contributed by atoms with Gasteiger partial charge in [-0.15, -0.1) is 0 Å². The van der Waals surface area contributed by atoms with E-state index in [9.17, 15) is 9.59 Å². The maximum absolute atomic E-state index is 12.4. The fourth-order valence-electron chi connectivity index (χ4n) is 2.53. The van der Waals surface area contributed by atoms with Crippen LogP contribution in [0.4, 0.5) is 5.69 Å². The summed E-state index contributed by atoms with van der Waals surface area (Å²) in [6, 6.07) is 11.5. The first-order valence-corrected chi connectivity index (χ1v) is 9.90. The van der Waals surface area contributed by atoms with E-state index in [0.717, 1.165) is 19.3 Å². The normalized spacial score (nSPS) is 11.4. The van der Waals surface area contributed by atoms with E-state index < -0.39 is 12.1 Å². The van der Waals surface area contributed by atoms with Gasteiger partial charge in [-0.1, -0.05) is 31.4 Å². The average molecular weight is 420 g/mol. The van der Waals surface area contributed by atoms with Gasteiger partial charge in [0, 0.05) is 11.3 Å². The van der Waals surface area contributed by atoms with Crippen LogP contribution in [0.3, 0.4) is 0 Å². The SMILES string of the molecule is CCCCCOC(=O)[C@@H](C)Oc1ccc(C(=O)Nc2ccc(OC)c(Cl)c2)cc1. The number of hydrogen-bond acceptors (Lipinski definition) is 5. The molecule has 0 heterocycles. The summed E-state index contributed by atoms with van der Waals surface area (Å²) in [4.78, 5) is 24.3. The highest BCUT2D eigenvalue weighted by molar-refractivity contribution is 6.32. The Kier molecular flexibility index (Phi) is 8.80. The van der Waals surface area contributed by atoms with Crippen LogP contribution in [0, 0.1) is 0 Å². The van der Waals surface area contributed by atoms with E-state index in [1.807, 2.05) is 0 Å². The molecule has 1 atom stereocenters. The molecule has 0 saturated carbocycles. The molecule has 0 aliphatic rings. The summed E-state index contributed by atoms with van der Waals surface area (Å²) in [5, 5.41) is 3.18. The van der Waals surface area contributed by atoms with Crippen LogP contribution in [0.5, 0.6) is 11.5 Å². The molecule has 0 saturated heterocycles. The van der Waals surface area contributed by atoms with Crippen molar-refractivity contribution in [1.29, 1.82) is 0 Å². The van der Waals surface area contributed by atoms with Gasteiger partial charge in [0.2, 0.25) is 0 Å². The van der Waals surface area contributed by atoms with Gasteiger partial charge < -0.3 is 19.5 Å². The van der Waals surface area contributed by atoms with Crippen molar-refractivity contribution < 1.29 is 23.8 Å². The summed E-state index contributed by atoms with van der Waals surface area (Å²) >= 11 is 6.07. The first-order chi connectivity index (χ1) is 13.9. The molecular formula is C22H26ClNO5. The quantitative estimate of drug-likeness (QED) is 0.428. The Bertz CT molecular complexity index is 822. The van der Waals surface area contributed by atoms with E-state index in [1.165, 1.54) is 7.11 Å². The molecule has 7 heteroatoms. The van der Waals surface area contributed by atoms with Crippen LogP contribution in [-0.4, -0.2) is 31.7 Å². The van der Waals surface area contributed by atoms with Crippen molar-refractivity contribution >= 4 is 29.2 Å². The first-order valence-electron chi connectivity index (χ1n) is 9.52. The average Bonchev–Trinajstić information content (AvgIpc) is 2.71. The molecule has 156 valence electrons. The van der Waals surface area contributed by atoms with Crippen LogP contribution < -0.4 is 14.8 Å². The number of hydrogen-bond donors (Lipinski definition) is 1. The van der Waals surface area contributed by atoms with Crippen molar-refractivity contribution in [2.24, 2.45) is 0 Å². The second-order valence-corrected chi connectivity index (χ2v) is 6.87. The van der Waals surface area contributed by atoms with Gasteiger partial charge in [0.15, 0.2) is 6.10 Å². The standard InChI is InChI=1S/C22H26ClNO5/c1-4-5-6-13-28-22(26)15(2)29-18-10-7-16(8-11-18)21(25)24-17-9-12-20(27-3)19(23)14-17/h7-12,14-15H,4-6,13H2,1-3H3,(H,24,25)/t15-/m1/s1. The largest absolute Gasteiger partial charge is 0.495 e. The number of carbonyl (C=O) groups is 2. The number of unbranched alkanes of at least 4 members (excludes halogenated alkanes) is 2. The molecule has 2 rings (SSSR count). The number of ether oxygens (including phenoxy) is 3. The molecule has 6 nitrogen and oxygen atoms in total. The molecule has 0 aromatic heterocycles. The second kappa shape index (κ2) is 11.3. The highest BCUT2D eigenvalue weighted by atomic mass is 35.5. The third kappa shape index (κ3) is 6.98. The predicted molar refractivity (Wildman–Crippen MR) is 113 cm³/mol. The third-order valence-electron chi connectivity index (χ3n) is 4.16. The van der Waals surface area contributed by atoms with Gasteiger partial charge >= 0.3 is 5.97 Å². The maximum Gasteiger partial charge on any atom is 0.347 e. The predicted octanol–water partition coefficient (Wildman–Crippen LogP) is 5.10. The van der Waals surface area contributed by atoms with Crippen LogP contribution >= 0.6 is 11.6 Å². The maximum atomic E-state index is 12.4. The summed E-state index contributed by atoms with van der Waals surface area (Å²) in [5.41, 5.74) is 1.000. The van der Waals surface area contributed by atoms with Crippen molar-refractivity contribution in [3.8, 4) is 11.5 Å². The molecule has 0 radical (unpaired) electrons. The zero-order valence-electron chi connectivity index (χ0n) is 16.9. The van der Waals surface area contributed by atoms with Crippen molar-refractivity contribution in [2.75, 3.05) is 19.0 Å². The van der Waals surface area contributed by atoms with E-state index in [2.05, 4.69) is 12.2 Å². The molecule has 0 fully saturated rings. The lowest BCUT2D eigenvalue weighted by atomic mass is 10.2. The van der Waals surface area contributed by atoms with Crippen LogP contribution in [0.15, 0.2) is 42.5 Å². The van der Waals surface area contributed by atoms with E-state index >= 15 is 0 Å². The Balaban J connectivity index is 1.89. The highest BCUT2D eigenvalue weighted by Gasteiger charge is 2.16. The lowest BCUT2D eigenvalue weighted by Gasteiger charge is -2.14. The Morgan fingerprint density at radius 2 is 1.83 bits per heavy atom. The topological polar surface area (TPSA) is 73.9 Å². The zero-order chi connectivity index (χ0) is 21.2. The smallest absolute Gasteiger partial charge is 0.347 e. The fraction of sp³-hybridized carbons (Fsp3) is 0.364. The first kappa shape index (κ1) is 22.6. The van der Waals surface area contributed by atoms with Crippen molar-refractivity contribution in [2.45, 2.75) is 39.2 Å². The van der Waals surface area contributed by atoms with E-state index in [0.29, 0.717) is 34.4 Å². The monoisotopic (exact) mass is 419 g/mol. The van der Waals surface area contributed by atoms with Gasteiger partial charge in [-0.3, -0.25) is 4.79 Å². The van der Waals surface area contributed by atoms with Crippen LogP contribution in [0.1, 0.15) is 43.5 Å². The minimum atomic E-state index is -0.724. The number of carbonyl (C=O) groups excluding carboxylic acids is 2. The molecule has 0 aliphatic heterocycles. The molecule has 2 aromatic rings. The Morgan fingerprint density at radius 1 is 1.10 bits per heavy atom. The molecule has 29 heavy (non-hydrogen) atoms. The third-order valence-corrected chi connectivity index (χ3v) is 4.46. The van der Waals surface area contributed by atoms with E-state index in [4.69, 9.17) is 25.8 Å². The van der Waals surface area contributed by atoms with Crippen molar-refractivity contribution in [1.82, 2.24) is 0 Å². The minimum absolute atomic E-state index is 0.291. The number of esters is 1. The number of anilines is 1. The lowest BCUT2D eigenvalue weighted by Crippen LogP contribution is -2.26. The van der Waals surface area contributed by atoms with Gasteiger partial charge in [-0.2, -0.15) is 0 Å². The molecule has 0 aliphatic carbocycles. The van der Waals surface area contributed by atoms with Gasteiger partial charge in [0.05, 0.1) is 18.7 Å². The van der Waals surface area contributed by atoms with E-state index in [-0.39, 0.29) is 5.91 Å². The summed E-state index contributed by atoms with van der Waals surface area (Å²) in [6.07, 6.45) is 2.21. The summed E-state index contributed by atoms with van der Waals surface area (Å²) in [6.45, 7) is 4.12. The van der Waals surface area contributed by atoms with Crippen LogP contribution in [0.2, 0.25) is 5.02 Å². The molecule has 0 bridgehead atoms. The summed E-state index contributed by atoms with van der Waals surface area (Å²) in [7, 11) is 1.52. The van der Waals surface area contributed by atoms with Gasteiger partial charge in [0.25, 0.3) is 5.91 Å². The minimum Gasteiger partial charge on any atom is -0.495 e. The Hall–Kier alpha value is -2.73. The molecule has 1 N–H and O–H groups in total. The zero-order valence-corrected chi connectivity index (χ0v) is 17.6. The van der Waals surface area contributed by atoms with Crippen molar-refractivity contribution in [3.05, 3.63) is 53.1 Å². The highest BCUT2D eigenvalue weighted by Crippen LogP contribution is 2.27. The summed E-state index contributed by atoms with van der Waals surface area (Å²) < 4.78 is 15.9. The molecular weight excluding hydrogens is 394 g/mol. The number of methoxy groups -OCH3 is 1. The van der Waals surface area contributed by atoms with E-state index in [1.54, 1.807) is 49.4 Å². The molecule has 0 spiro atoms. The Labute approximate surface area is 176 Å². The molecule has 0 unspecified atom stereocenters. The van der Waals surface area contributed by atoms with Crippen molar-refractivity contribution in [3.63, 3.8) is 0 Å². The van der Waals surface area contributed by atoms with Crippen LogP contribution in [0.25, 0.3) is 0 Å². The van der Waals surface area contributed by atoms with Gasteiger partial charge in [-0.05, 0) is 55.8 Å². The van der Waals surface area contributed by atoms with Gasteiger partial charge in [-0.25, -0.2) is 4.79 Å². The summed E-state index contributed by atoms with van der Waals surface area (Å²) in [5.74, 6) is 0.316. The Morgan fingerprint density at radius 3 is 2.45 bits per heavy atom. The number of benzene rings is 2. The number of nitrogens with one attached hydrogen (secondary N) is 1. The number of halogens is 1. The fourth-order valence-corrected chi connectivity index (χ4v) is 2.78. The van der Waals surface area contributed by atoms with Crippen LogP contribution in [-0.2, 0) is 9.53 Å². The van der Waals surface area contributed by atoms with Gasteiger partial charge in [0.1, 0.15) is 11.5 Å². The second-order valence-electron chi connectivity index (χ2n) is 6.46. The number of amides is 1. The lowest BCUT2D eigenvalue weighted by molar-refractivity contribution is -0.151. The number of rotatable bonds is 10.